The first-order valence-corrected chi connectivity index (χ1v) is 42.2. The summed E-state index contributed by atoms with van der Waals surface area (Å²) in [7, 11) is 0. The quantitative estimate of drug-likeness (QED) is 0.0408. The number of aliphatic hydroxyl groups is 1. The Balaban J connectivity index is 1.20. The Bertz CT molecular complexity index is 3600. The zero-order chi connectivity index (χ0) is 81.1. The van der Waals surface area contributed by atoms with Crippen molar-refractivity contribution in [1.29, 1.82) is 0 Å². The third-order valence-electron chi connectivity index (χ3n) is 20.0. The molecule has 3 aromatic carbocycles. The first-order chi connectivity index (χ1) is 53.7. The van der Waals surface area contributed by atoms with Crippen molar-refractivity contribution in [1.82, 2.24) is 61.3 Å². The second-order valence-corrected chi connectivity index (χ2v) is 32.5. The number of thioether (sulfide) groups is 3. The van der Waals surface area contributed by atoms with Crippen molar-refractivity contribution in [2.75, 3.05) is 115 Å². The monoisotopic (exact) mass is 1620 g/mol. The van der Waals surface area contributed by atoms with Crippen LogP contribution in [0.3, 0.4) is 0 Å². The number of nitrogens with zero attached hydrogens (tertiary/aromatic N) is 6. The van der Waals surface area contributed by atoms with Crippen LogP contribution in [0.4, 0.5) is 0 Å². The fourth-order valence-corrected chi connectivity index (χ4v) is 17.2. The Morgan fingerprint density at radius 1 is 0.589 bits per heavy atom. The zero-order valence-electron chi connectivity index (χ0n) is 64.2. The average molecular weight is 1620 g/mol. The van der Waals surface area contributed by atoms with Gasteiger partial charge in [-0.3, -0.25) is 86.8 Å². The maximum absolute atomic E-state index is 15.1. The van der Waals surface area contributed by atoms with Crippen molar-refractivity contribution < 1.29 is 87.9 Å². The summed E-state index contributed by atoms with van der Waals surface area (Å²) >= 11 is 4.51. The van der Waals surface area contributed by atoms with Gasteiger partial charge in [-0.1, -0.05) is 98.6 Å². The number of benzene rings is 3. The third-order valence-corrected chi connectivity index (χ3v) is 23.4. The Kier molecular flexibility index (Phi) is 39.1. The minimum absolute atomic E-state index is 0.0404. The highest BCUT2D eigenvalue weighted by Crippen LogP contribution is 2.29. The minimum atomic E-state index is -1.69. The highest BCUT2D eigenvalue weighted by Gasteiger charge is 2.43. The molecule has 34 heteroatoms. The number of carboxylic acids is 4. The standard InChI is InChI=1S/C78H113N13O18S3/c1-3-4-7-22-67(95)80-59-42-90-25-12-21-65(90)78(109)91-26-13-20-64(91)76(107)85-72(52(2)92)77(108)82-61(23-24-66(79)94)73(104)83-62(40-54-17-10-6-11-18-54)74(105)84-63(75(106)81-58(41-68(96)97)39-53-15-8-5-9-16-53)51-112-49-57-37-55(36-56(38-57)48-111-50-59)47-110-35-14-19-60(93)43-86-27-29-87(44-69(98)99)31-33-89(46-71(102)103)34-32-88(30-28-86)45-70(100)101/h5-6,8-11,15-18,36-38,52,58-59,61-65,72,92H,3-4,7,12-14,19-35,39-51H2,1-2H3,(H2,79,94)(H,80,95)(H,81,106)(H,82,108)(H,83,104)(H,84,105)(H,85,107)(H,96,97)(H,98,99)(H,100,101)(H,102,103)/t52-,58+,59-,61+,62+,63+,64+,65+,72+/m1/s1. The molecular formula is C78H113N13O18S3. The number of nitrogens with two attached hydrogens (primary N) is 1. The van der Waals surface area contributed by atoms with E-state index in [-0.39, 0.29) is 127 Å². The van der Waals surface area contributed by atoms with Gasteiger partial charge >= 0.3 is 23.9 Å². The summed E-state index contributed by atoms with van der Waals surface area (Å²) in [5.41, 5.74) is 9.62. The highest BCUT2D eigenvalue weighted by molar-refractivity contribution is 7.99. The van der Waals surface area contributed by atoms with E-state index in [1.54, 1.807) is 98.9 Å². The first-order valence-electron chi connectivity index (χ1n) is 38.7. The molecule has 3 saturated heterocycles. The number of amides is 8. The van der Waals surface area contributed by atoms with Crippen LogP contribution in [0, 0.1) is 0 Å². The molecule has 2 bridgehead atoms. The highest BCUT2D eigenvalue weighted by atomic mass is 32.2. The molecule has 31 nitrogen and oxygen atoms in total. The maximum Gasteiger partial charge on any atom is 0.317 e. The van der Waals surface area contributed by atoms with Crippen molar-refractivity contribution in [3.63, 3.8) is 0 Å². The number of nitrogens with one attached hydrogen (secondary N) is 6. The van der Waals surface area contributed by atoms with Crippen LogP contribution >= 0.6 is 35.3 Å². The molecule has 8 amide bonds. The van der Waals surface area contributed by atoms with E-state index in [0.717, 1.165) is 35.1 Å². The minimum Gasteiger partial charge on any atom is -0.481 e. The average Bonchev–Trinajstić information content (AvgIpc) is 1.64. The van der Waals surface area contributed by atoms with Crippen LogP contribution in [-0.2, 0) is 92.4 Å². The molecule has 0 saturated carbocycles. The van der Waals surface area contributed by atoms with E-state index < -0.39 is 133 Å². The molecule has 0 aromatic heterocycles. The van der Waals surface area contributed by atoms with Crippen LogP contribution < -0.4 is 37.6 Å². The summed E-state index contributed by atoms with van der Waals surface area (Å²) in [6.07, 6.45) is 2.43. The molecule has 4 aliphatic heterocycles. The molecule has 9 atom stereocenters. The van der Waals surface area contributed by atoms with Crippen molar-refractivity contribution in [3.05, 3.63) is 107 Å². The van der Waals surface area contributed by atoms with Gasteiger partial charge in [-0.15, -0.1) is 0 Å². The molecule has 0 radical (unpaired) electrons. The van der Waals surface area contributed by atoms with E-state index in [9.17, 15) is 83.1 Å². The van der Waals surface area contributed by atoms with E-state index in [0.29, 0.717) is 93.3 Å². The van der Waals surface area contributed by atoms with Crippen LogP contribution in [0.5, 0.6) is 0 Å². The van der Waals surface area contributed by atoms with Gasteiger partial charge in [0.15, 0.2) is 0 Å². The number of carboxylic acid groups (broad SMARTS) is 4. The molecule has 112 heavy (non-hydrogen) atoms. The number of ketones is 1. The van der Waals surface area contributed by atoms with E-state index in [2.05, 4.69) is 49.8 Å². The van der Waals surface area contributed by atoms with Gasteiger partial charge in [0, 0.05) is 126 Å². The van der Waals surface area contributed by atoms with Crippen LogP contribution in [0.2, 0.25) is 0 Å². The molecular weight excluding hydrogens is 1500 g/mol. The number of rotatable bonds is 31. The van der Waals surface area contributed by atoms with Crippen LogP contribution in [0.1, 0.15) is 125 Å². The van der Waals surface area contributed by atoms with Gasteiger partial charge < -0.3 is 68.1 Å². The van der Waals surface area contributed by atoms with Crippen molar-refractivity contribution in [2.45, 2.75) is 182 Å². The number of hydrogen-bond acceptors (Lipinski definition) is 22. The van der Waals surface area contributed by atoms with Gasteiger partial charge in [0.1, 0.15) is 36.0 Å². The summed E-state index contributed by atoms with van der Waals surface area (Å²) in [4.78, 5) is 187. The molecule has 4 aliphatic rings. The fourth-order valence-electron chi connectivity index (χ4n) is 14.3. The predicted octanol–water partition coefficient (Wildman–Crippen LogP) is 1.78. The van der Waals surface area contributed by atoms with Gasteiger partial charge in [-0.05, 0) is 98.4 Å². The number of hydrogen-bond donors (Lipinski definition) is 12. The van der Waals surface area contributed by atoms with Crippen LogP contribution in [0.15, 0.2) is 78.9 Å². The van der Waals surface area contributed by atoms with Gasteiger partial charge in [0.2, 0.25) is 47.3 Å². The number of primary amides is 1. The maximum atomic E-state index is 15.1. The second kappa shape index (κ2) is 48.1. The lowest BCUT2D eigenvalue weighted by molar-refractivity contribution is -0.143. The lowest BCUT2D eigenvalue weighted by Gasteiger charge is -2.33. The smallest absolute Gasteiger partial charge is 0.317 e. The summed E-state index contributed by atoms with van der Waals surface area (Å²) in [5.74, 6) is -7.77. The second-order valence-electron chi connectivity index (χ2n) is 29.3. The summed E-state index contributed by atoms with van der Waals surface area (Å²) in [6.45, 7) is 5.64. The number of carbonyl (C=O) groups is 13. The number of Topliss-reactive ketones (excluding diaryl/α,β-unsaturated/α-hetero) is 1. The summed E-state index contributed by atoms with van der Waals surface area (Å²) in [5, 5.41) is 67.3. The van der Waals surface area contributed by atoms with Crippen molar-refractivity contribution in [2.24, 2.45) is 5.73 Å². The topological polar surface area (TPSA) is 441 Å². The van der Waals surface area contributed by atoms with Crippen molar-refractivity contribution >= 4 is 112 Å². The Morgan fingerprint density at radius 3 is 1.71 bits per heavy atom. The molecule has 616 valence electrons. The lowest BCUT2D eigenvalue weighted by Crippen LogP contribution is -2.61. The van der Waals surface area contributed by atoms with E-state index in [4.69, 9.17) is 5.73 Å². The van der Waals surface area contributed by atoms with E-state index >= 15 is 4.79 Å². The molecule has 4 heterocycles. The van der Waals surface area contributed by atoms with Gasteiger partial charge in [0.05, 0.1) is 50.8 Å². The predicted molar refractivity (Wildman–Crippen MR) is 426 cm³/mol. The number of fused-ring (bicyclic) bond motifs is 4. The Hall–Kier alpha value is -8.22. The number of aliphatic hydroxyl groups excluding tert-OH is 1. The van der Waals surface area contributed by atoms with E-state index in [1.165, 1.54) is 23.6 Å². The molecule has 13 N–H and O–H groups in total. The Labute approximate surface area is 667 Å². The van der Waals surface area contributed by atoms with Crippen molar-refractivity contribution in [3.8, 4) is 0 Å². The molecule has 3 aromatic rings. The normalized spacial score (nSPS) is 22.6. The molecule has 0 unspecified atom stereocenters. The fraction of sp³-hybridized carbons (Fsp3) is 0.603. The molecule has 3 fully saturated rings. The van der Waals surface area contributed by atoms with Gasteiger partial charge in [-0.25, -0.2) is 0 Å². The van der Waals surface area contributed by atoms with E-state index in [1.807, 2.05) is 17.0 Å². The van der Waals surface area contributed by atoms with Crippen LogP contribution in [0.25, 0.3) is 0 Å². The summed E-state index contributed by atoms with van der Waals surface area (Å²) in [6, 6.07) is 14.6. The molecule has 7 rings (SSSR count). The zero-order valence-corrected chi connectivity index (χ0v) is 66.6. The first kappa shape index (κ1) is 91.0. The largest absolute Gasteiger partial charge is 0.481 e. The molecule has 0 spiro atoms. The Morgan fingerprint density at radius 2 is 1.14 bits per heavy atom. The lowest BCUT2D eigenvalue weighted by atomic mass is 10.0. The number of unbranched alkanes of at least 4 members (excludes halogenated alkanes) is 2. The SMILES string of the molecule is CCCCCC(=O)N[C@H]1CSCc2cc(CSCCCC(=O)CN3CCN(CC(=O)O)CCN(CC(=O)O)CCN(CC(=O)O)CC3)cc(c2)CSC[C@@H](C(=O)N[C@H](CC(=O)O)Cc2ccccc2)NC(=O)[C@H](Cc2ccccc2)NC(=O)[C@H](CCC(N)=O)NC(=O)[C@H]([C@@H](C)O)NC(=O)[C@@H]2CCCN2C(=O)[C@@H]2CCCN2C1. The van der Waals surface area contributed by atoms with Crippen LogP contribution in [-0.4, -0.2) is 302 Å². The number of carbonyl (C=O) groups excluding carboxylic acids is 9. The molecule has 0 aliphatic carbocycles. The van der Waals surface area contributed by atoms with Gasteiger partial charge in [-0.2, -0.15) is 35.3 Å². The summed E-state index contributed by atoms with van der Waals surface area (Å²) < 4.78 is 0. The number of aliphatic carboxylic acids is 4. The third kappa shape index (κ3) is 32.7. The van der Waals surface area contributed by atoms with Gasteiger partial charge in [0.25, 0.3) is 0 Å².